The summed E-state index contributed by atoms with van der Waals surface area (Å²) in [5.41, 5.74) is 0.644. The molecule has 3 rings (SSSR count). The smallest absolute Gasteiger partial charge is 0.267 e. The standard InChI is InChI=1S/C19H21N3O2S2/c1-13(2)8-10-20-16(23)12-26-19-21-17-15(9-11-25-17)18(24)22(19)14-6-4-3-5-7-14/h3-7,9,11,13H,8,10,12H2,1-2H3,(H,20,23). The van der Waals surface area contributed by atoms with E-state index >= 15 is 0 Å². The first-order valence-electron chi connectivity index (χ1n) is 8.51. The lowest BCUT2D eigenvalue weighted by Gasteiger charge is -2.12. The van der Waals surface area contributed by atoms with Crippen molar-refractivity contribution in [3.8, 4) is 5.69 Å². The molecule has 0 fully saturated rings. The third-order valence-electron chi connectivity index (χ3n) is 3.86. The van der Waals surface area contributed by atoms with Gasteiger partial charge in [-0.2, -0.15) is 0 Å². The van der Waals surface area contributed by atoms with Crippen LogP contribution in [0.3, 0.4) is 0 Å². The van der Waals surface area contributed by atoms with E-state index in [-0.39, 0.29) is 17.2 Å². The van der Waals surface area contributed by atoms with Gasteiger partial charge in [0.05, 0.1) is 16.8 Å². The minimum atomic E-state index is -0.106. The molecule has 1 amide bonds. The summed E-state index contributed by atoms with van der Waals surface area (Å²) in [5.74, 6) is 0.735. The first-order valence-corrected chi connectivity index (χ1v) is 10.4. The van der Waals surface area contributed by atoms with Crippen molar-refractivity contribution in [1.29, 1.82) is 0 Å². The molecule has 5 nitrogen and oxygen atoms in total. The summed E-state index contributed by atoms with van der Waals surface area (Å²) in [6.07, 6.45) is 0.949. The van der Waals surface area contributed by atoms with Crippen molar-refractivity contribution in [3.05, 3.63) is 52.1 Å². The second kappa shape index (κ2) is 8.51. The molecule has 0 aliphatic heterocycles. The van der Waals surface area contributed by atoms with Crippen LogP contribution in [0.1, 0.15) is 20.3 Å². The summed E-state index contributed by atoms with van der Waals surface area (Å²) in [7, 11) is 0. The van der Waals surface area contributed by atoms with Gasteiger partial charge in [-0.25, -0.2) is 4.98 Å². The van der Waals surface area contributed by atoms with Crippen molar-refractivity contribution in [2.24, 2.45) is 5.92 Å². The van der Waals surface area contributed by atoms with Crippen LogP contribution in [0.2, 0.25) is 0 Å². The lowest BCUT2D eigenvalue weighted by atomic mass is 10.1. The van der Waals surface area contributed by atoms with Gasteiger partial charge in [0.15, 0.2) is 5.16 Å². The highest BCUT2D eigenvalue weighted by atomic mass is 32.2. The van der Waals surface area contributed by atoms with Crippen LogP contribution in [0.25, 0.3) is 15.9 Å². The first-order chi connectivity index (χ1) is 12.6. The van der Waals surface area contributed by atoms with Crippen LogP contribution in [-0.2, 0) is 4.79 Å². The van der Waals surface area contributed by atoms with Gasteiger partial charge in [-0.3, -0.25) is 14.2 Å². The number of carbonyl (C=O) groups is 1. The zero-order chi connectivity index (χ0) is 18.5. The second-order valence-electron chi connectivity index (χ2n) is 6.33. The first kappa shape index (κ1) is 18.7. The zero-order valence-corrected chi connectivity index (χ0v) is 16.4. The summed E-state index contributed by atoms with van der Waals surface area (Å²) in [5, 5.41) is 5.92. The van der Waals surface area contributed by atoms with E-state index in [2.05, 4.69) is 24.1 Å². The Balaban J connectivity index is 1.85. The molecule has 0 saturated heterocycles. The van der Waals surface area contributed by atoms with Gasteiger partial charge in [0.2, 0.25) is 5.91 Å². The number of aromatic nitrogens is 2. The van der Waals surface area contributed by atoms with Gasteiger partial charge in [-0.1, -0.05) is 43.8 Å². The zero-order valence-electron chi connectivity index (χ0n) is 14.8. The van der Waals surface area contributed by atoms with Crippen LogP contribution in [-0.4, -0.2) is 27.8 Å². The van der Waals surface area contributed by atoms with Crippen LogP contribution < -0.4 is 10.9 Å². The van der Waals surface area contributed by atoms with Gasteiger partial charge in [0.1, 0.15) is 4.83 Å². The van der Waals surface area contributed by atoms with E-state index in [1.807, 2.05) is 35.7 Å². The quantitative estimate of drug-likeness (QED) is 0.496. The Bertz CT molecular complexity index is 948. The summed E-state index contributed by atoms with van der Waals surface area (Å²) in [4.78, 5) is 30.3. The molecule has 26 heavy (non-hydrogen) atoms. The summed E-state index contributed by atoms with van der Waals surface area (Å²) >= 11 is 2.72. The fourth-order valence-corrected chi connectivity index (χ4v) is 4.13. The summed E-state index contributed by atoms with van der Waals surface area (Å²) < 4.78 is 1.58. The molecule has 2 heterocycles. The molecular formula is C19H21N3O2S2. The van der Waals surface area contributed by atoms with E-state index in [0.29, 0.717) is 27.8 Å². The maximum Gasteiger partial charge on any atom is 0.267 e. The molecule has 0 bridgehead atoms. The van der Waals surface area contributed by atoms with Crippen molar-refractivity contribution in [2.45, 2.75) is 25.4 Å². The van der Waals surface area contributed by atoms with E-state index in [9.17, 15) is 9.59 Å². The lowest BCUT2D eigenvalue weighted by molar-refractivity contribution is -0.118. The van der Waals surface area contributed by atoms with Gasteiger partial charge in [0.25, 0.3) is 5.56 Å². The number of thioether (sulfide) groups is 1. The molecule has 0 atom stereocenters. The highest BCUT2D eigenvalue weighted by Gasteiger charge is 2.15. The molecule has 0 saturated carbocycles. The normalized spacial score (nSPS) is 11.2. The Kier molecular flexibility index (Phi) is 6.11. The van der Waals surface area contributed by atoms with Crippen LogP contribution >= 0.6 is 23.1 Å². The molecule has 0 radical (unpaired) electrons. The Morgan fingerprint density at radius 3 is 2.77 bits per heavy atom. The van der Waals surface area contributed by atoms with Crippen molar-refractivity contribution >= 4 is 39.2 Å². The third-order valence-corrected chi connectivity index (χ3v) is 5.60. The predicted octanol–water partition coefficient (Wildman–Crippen LogP) is 3.70. The summed E-state index contributed by atoms with van der Waals surface area (Å²) in [6.45, 7) is 4.92. The van der Waals surface area contributed by atoms with Crippen molar-refractivity contribution in [1.82, 2.24) is 14.9 Å². The van der Waals surface area contributed by atoms with Crippen LogP contribution in [0.5, 0.6) is 0 Å². The van der Waals surface area contributed by atoms with E-state index in [4.69, 9.17) is 0 Å². The van der Waals surface area contributed by atoms with Crippen molar-refractivity contribution < 1.29 is 4.79 Å². The number of thiophene rings is 1. The SMILES string of the molecule is CC(C)CCNC(=O)CSc1nc2sccc2c(=O)n1-c1ccccc1. The number of carbonyl (C=O) groups excluding carboxylic acids is 1. The van der Waals surface area contributed by atoms with Gasteiger partial charge in [-0.05, 0) is 35.9 Å². The molecule has 0 aliphatic rings. The van der Waals surface area contributed by atoms with E-state index in [1.54, 1.807) is 10.6 Å². The average Bonchev–Trinajstić information content (AvgIpc) is 3.09. The minimum absolute atomic E-state index is 0.0456. The number of fused-ring (bicyclic) bond motifs is 1. The number of nitrogens with zero attached hydrogens (tertiary/aromatic N) is 2. The highest BCUT2D eigenvalue weighted by molar-refractivity contribution is 7.99. The van der Waals surface area contributed by atoms with E-state index in [1.165, 1.54) is 23.1 Å². The minimum Gasteiger partial charge on any atom is -0.355 e. The molecule has 0 unspecified atom stereocenters. The number of para-hydroxylation sites is 1. The highest BCUT2D eigenvalue weighted by Crippen LogP contribution is 2.23. The average molecular weight is 388 g/mol. The molecule has 136 valence electrons. The molecule has 0 aliphatic carbocycles. The Hall–Kier alpha value is -2.12. The van der Waals surface area contributed by atoms with Crippen molar-refractivity contribution in [2.75, 3.05) is 12.3 Å². The van der Waals surface area contributed by atoms with Crippen LogP contribution in [0.4, 0.5) is 0 Å². The number of hydrogen-bond donors (Lipinski definition) is 1. The molecule has 1 aromatic carbocycles. The Morgan fingerprint density at radius 1 is 1.27 bits per heavy atom. The number of benzene rings is 1. The number of nitrogens with one attached hydrogen (secondary N) is 1. The lowest BCUT2D eigenvalue weighted by Crippen LogP contribution is -2.27. The van der Waals surface area contributed by atoms with Gasteiger partial charge in [0, 0.05) is 6.54 Å². The molecule has 1 N–H and O–H groups in total. The molecule has 0 spiro atoms. The predicted molar refractivity (Wildman–Crippen MR) is 108 cm³/mol. The number of amides is 1. The van der Waals surface area contributed by atoms with Crippen LogP contribution in [0, 0.1) is 5.92 Å². The Morgan fingerprint density at radius 2 is 2.04 bits per heavy atom. The molecular weight excluding hydrogens is 366 g/mol. The maximum atomic E-state index is 12.9. The largest absolute Gasteiger partial charge is 0.355 e. The fourth-order valence-electron chi connectivity index (χ4n) is 2.48. The Labute approximate surface area is 160 Å². The molecule has 3 aromatic rings. The van der Waals surface area contributed by atoms with Crippen molar-refractivity contribution in [3.63, 3.8) is 0 Å². The van der Waals surface area contributed by atoms with E-state index in [0.717, 1.165) is 12.1 Å². The summed E-state index contributed by atoms with van der Waals surface area (Å²) in [6, 6.07) is 11.2. The van der Waals surface area contributed by atoms with Gasteiger partial charge < -0.3 is 5.32 Å². The molecule has 7 heteroatoms. The third kappa shape index (κ3) is 4.34. The fraction of sp³-hybridized carbons (Fsp3) is 0.316. The van der Waals surface area contributed by atoms with Gasteiger partial charge in [-0.15, -0.1) is 11.3 Å². The van der Waals surface area contributed by atoms with Gasteiger partial charge >= 0.3 is 0 Å². The van der Waals surface area contributed by atoms with E-state index < -0.39 is 0 Å². The van der Waals surface area contributed by atoms with Crippen LogP contribution in [0.15, 0.2) is 51.7 Å². The number of hydrogen-bond acceptors (Lipinski definition) is 5. The second-order valence-corrected chi connectivity index (χ2v) is 8.17. The maximum absolute atomic E-state index is 12.9. The monoisotopic (exact) mass is 387 g/mol. The topological polar surface area (TPSA) is 64.0 Å². The molecule has 2 aromatic heterocycles. The number of rotatable bonds is 7.